The van der Waals surface area contributed by atoms with E-state index in [1.165, 1.54) is 16.7 Å². The van der Waals surface area contributed by atoms with Crippen molar-refractivity contribution in [3.63, 3.8) is 0 Å². The van der Waals surface area contributed by atoms with Crippen molar-refractivity contribution in [1.82, 2.24) is 0 Å². The minimum absolute atomic E-state index is 1.13. The second kappa shape index (κ2) is 4.89. The van der Waals surface area contributed by atoms with Crippen molar-refractivity contribution in [3.8, 4) is 22.3 Å². The molecule has 2 radical (unpaired) electrons. The van der Waals surface area contributed by atoms with Gasteiger partial charge in [-0.05, 0) is 40.5 Å². The summed E-state index contributed by atoms with van der Waals surface area (Å²) < 4.78 is 0. The van der Waals surface area contributed by atoms with Crippen molar-refractivity contribution >= 4 is 0 Å². The SMILES string of the molecule is [c]1ccc(-c2cccc(-c3[c]cccc3)c2)cc1. The standard InChI is InChI=1S/C18H12/c1-3-8-15(9-4-1)17-12-7-13-18(14-17)16-10-5-2-6-11-16/h1,3-8,10-14H. The van der Waals surface area contributed by atoms with Gasteiger partial charge in [0.15, 0.2) is 0 Å². The van der Waals surface area contributed by atoms with Gasteiger partial charge in [0.05, 0.1) is 0 Å². The zero-order valence-electron chi connectivity index (χ0n) is 9.93. The highest BCUT2D eigenvalue weighted by atomic mass is 14.0. The van der Waals surface area contributed by atoms with Crippen LogP contribution in [-0.2, 0) is 0 Å². The summed E-state index contributed by atoms with van der Waals surface area (Å²) in [5.74, 6) is 0. The summed E-state index contributed by atoms with van der Waals surface area (Å²) in [5, 5.41) is 0. The Bertz CT molecular complexity index is 570. The lowest BCUT2D eigenvalue weighted by atomic mass is 9.99. The molecule has 0 aliphatic carbocycles. The largest absolute Gasteiger partial charge is 0.0616 e. The molecule has 0 aliphatic rings. The highest BCUT2D eigenvalue weighted by Crippen LogP contribution is 2.25. The van der Waals surface area contributed by atoms with Gasteiger partial charge in [-0.3, -0.25) is 0 Å². The molecule has 0 spiro atoms. The highest BCUT2D eigenvalue weighted by molar-refractivity contribution is 5.72. The Kier molecular flexibility index (Phi) is 2.93. The van der Waals surface area contributed by atoms with Crippen molar-refractivity contribution in [1.29, 1.82) is 0 Å². The van der Waals surface area contributed by atoms with E-state index in [1.807, 2.05) is 30.3 Å². The summed E-state index contributed by atoms with van der Waals surface area (Å²) in [6.07, 6.45) is 0. The fourth-order valence-corrected chi connectivity index (χ4v) is 2.02. The van der Waals surface area contributed by atoms with E-state index in [0.717, 1.165) is 5.56 Å². The lowest BCUT2D eigenvalue weighted by Crippen LogP contribution is -1.80. The molecule has 0 heterocycles. The number of hydrogen-bond donors (Lipinski definition) is 0. The monoisotopic (exact) mass is 228 g/mol. The first-order valence-corrected chi connectivity index (χ1v) is 5.97. The van der Waals surface area contributed by atoms with Crippen molar-refractivity contribution in [2.75, 3.05) is 0 Å². The van der Waals surface area contributed by atoms with Gasteiger partial charge >= 0.3 is 0 Å². The van der Waals surface area contributed by atoms with E-state index >= 15 is 0 Å². The second-order valence-electron chi connectivity index (χ2n) is 4.15. The Labute approximate surface area is 108 Å². The number of rotatable bonds is 2. The average molecular weight is 228 g/mol. The van der Waals surface area contributed by atoms with Crippen LogP contribution < -0.4 is 0 Å². The van der Waals surface area contributed by atoms with Crippen molar-refractivity contribution in [3.05, 3.63) is 84.9 Å². The minimum atomic E-state index is 1.13. The first-order valence-electron chi connectivity index (χ1n) is 5.97. The van der Waals surface area contributed by atoms with E-state index in [2.05, 4.69) is 54.6 Å². The van der Waals surface area contributed by atoms with Crippen molar-refractivity contribution in [2.45, 2.75) is 0 Å². The van der Waals surface area contributed by atoms with E-state index in [-0.39, 0.29) is 0 Å². The van der Waals surface area contributed by atoms with Crippen molar-refractivity contribution in [2.24, 2.45) is 0 Å². The molecule has 0 amide bonds. The van der Waals surface area contributed by atoms with E-state index in [0.29, 0.717) is 0 Å². The van der Waals surface area contributed by atoms with E-state index in [1.54, 1.807) is 0 Å². The molecule has 0 fully saturated rings. The Morgan fingerprint density at radius 3 is 2.22 bits per heavy atom. The van der Waals surface area contributed by atoms with Crippen LogP contribution in [0.25, 0.3) is 22.3 Å². The van der Waals surface area contributed by atoms with Crippen molar-refractivity contribution < 1.29 is 0 Å². The fraction of sp³-hybridized carbons (Fsp3) is 0. The molecule has 0 N–H and O–H groups in total. The van der Waals surface area contributed by atoms with Gasteiger partial charge in [0, 0.05) is 0 Å². The van der Waals surface area contributed by atoms with Crippen LogP contribution in [0.3, 0.4) is 0 Å². The van der Waals surface area contributed by atoms with Crippen LogP contribution in [0.2, 0.25) is 0 Å². The van der Waals surface area contributed by atoms with Gasteiger partial charge in [0.25, 0.3) is 0 Å². The van der Waals surface area contributed by atoms with Crippen LogP contribution in [0.4, 0.5) is 0 Å². The quantitative estimate of drug-likeness (QED) is 0.600. The third-order valence-corrected chi connectivity index (χ3v) is 2.93. The smallest absolute Gasteiger partial charge is 0.00992 e. The van der Waals surface area contributed by atoms with E-state index < -0.39 is 0 Å². The molecule has 0 saturated heterocycles. The van der Waals surface area contributed by atoms with Crippen LogP contribution in [-0.4, -0.2) is 0 Å². The normalized spacial score (nSPS) is 10.2. The Morgan fingerprint density at radius 2 is 1.44 bits per heavy atom. The third-order valence-electron chi connectivity index (χ3n) is 2.93. The topological polar surface area (TPSA) is 0 Å². The van der Waals surface area contributed by atoms with Gasteiger partial charge < -0.3 is 0 Å². The van der Waals surface area contributed by atoms with Crippen LogP contribution in [0.5, 0.6) is 0 Å². The molecule has 3 aromatic rings. The van der Waals surface area contributed by atoms with Crippen LogP contribution in [0.1, 0.15) is 0 Å². The molecule has 0 saturated carbocycles. The molecule has 0 bridgehead atoms. The summed E-state index contributed by atoms with van der Waals surface area (Å²) in [4.78, 5) is 0. The summed E-state index contributed by atoms with van der Waals surface area (Å²) in [7, 11) is 0. The second-order valence-corrected chi connectivity index (χ2v) is 4.15. The molecule has 0 atom stereocenters. The lowest BCUT2D eigenvalue weighted by Gasteiger charge is -2.05. The first-order chi connectivity index (χ1) is 8.93. The number of benzene rings is 3. The van der Waals surface area contributed by atoms with Crippen LogP contribution >= 0.6 is 0 Å². The lowest BCUT2D eigenvalue weighted by molar-refractivity contribution is 1.58. The first kappa shape index (κ1) is 10.8. The Morgan fingerprint density at radius 1 is 0.611 bits per heavy atom. The van der Waals surface area contributed by atoms with E-state index in [4.69, 9.17) is 0 Å². The maximum Gasteiger partial charge on any atom is -0.00992 e. The predicted octanol–water partition coefficient (Wildman–Crippen LogP) is 4.62. The molecule has 0 heteroatoms. The summed E-state index contributed by atoms with van der Waals surface area (Å²) in [6, 6.07) is 30.9. The molecule has 0 aromatic heterocycles. The number of hydrogen-bond acceptors (Lipinski definition) is 0. The van der Waals surface area contributed by atoms with Crippen LogP contribution in [0, 0.1) is 12.1 Å². The fourth-order valence-electron chi connectivity index (χ4n) is 2.02. The molecule has 18 heavy (non-hydrogen) atoms. The van der Waals surface area contributed by atoms with Gasteiger partial charge in [-0.2, -0.15) is 0 Å². The Hall–Kier alpha value is -2.34. The predicted molar refractivity (Wildman–Crippen MR) is 75.0 cm³/mol. The minimum Gasteiger partial charge on any atom is -0.0616 e. The average Bonchev–Trinajstić information content (AvgIpc) is 2.49. The molecule has 3 rings (SSSR count). The van der Waals surface area contributed by atoms with Crippen LogP contribution in [0.15, 0.2) is 72.8 Å². The molecule has 0 nitrogen and oxygen atoms in total. The highest BCUT2D eigenvalue weighted by Gasteiger charge is 2.00. The Balaban J connectivity index is 2.05. The molecule has 84 valence electrons. The molecular formula is C18H12. The van der Waals surface area contributed by atoms with Gasteiger partial charge in [-0.15, -0.1) is 0 Å². The summed E-state index contributed by atoms with van der Waals surface area (Å²) >= 11 is 0. The molecular weight excluding hydrogens is 216 g/mol. The summed E-state index contributed by atoms with van der Waals surface area (Å²) in [5.41, 5.74) is 4.76. The maximum absolute atomic E-state index is 3.26. The zero-order valence-corrected chi connectivity index (χ0v) is 9.93. The van der Waals surface area contributed by atoms with Gasteiger partial charge in [-0.1, -0.05) is 66.7 Å². The van der Waals surface area contributed by atoms with E-state index in [9.17, 15) is 0 Å². The maximum atomic E-state index is 3.26. The summed E-state index contributed by atoms with van der Waals surface area (Å²) in [6.45, 7) is 0. The molecule has 0 unspecified atom stereocenters. The molecule has 3 aromatic carbocycles. The third kappa shape index (κ3) is 2.18. The van der Waals surface area contributed by atoms with Gasteiger partial charge in [0.1, 0.15) is 0 Å². The molecule has 0 aliphatic heterocycles. The zero-order chi connectivity index (χ0) is 12.2. The van der Waals surface area contributed by atoms with Gasteiger partial charge in [-0.25, -0.2) is 0 Å². The van der Waals surface area contributed by atoms with Gasteiger partial charge in [0.2, 0.25) is 0 Å².